The van der Waals surface area contributed by atoms with Crippen LogP contribution in [0.4, 0.5) is 0 Å². The maximum absolute atomic E-state index is 10.6. The first kappa shape index (κ1) is 11.1. The van der Waals surface area contributed by atoms with Crippen molar-refractivity contribution < 1.29 is 14.3 Å². The van der Waals surface area contributed by atoms with Crippen molar-refractivity contribution in [2.75, 3.05) is 0 Å². The Balaban J connectivity index is 2.58. The fraction of sp³-hybridized carbons (Fsp3) is 0.273. The zero-order valence-electron chi connectivity index (χ0n) is 8.56. The summed E-state index contributed by atoms with van der Waals surface area (Å²) < 4.78 is 10.1. The summed E-state index contributed by atoms with van der Waals surface area (Å²) in [6, 6.07) is 8.57. The van der Waals surface area contributed by atoms with Gasteiger partial charge in [-0.3, -0.25) is 4.79 Å². The molecule has 1 rings (SSSR count). The van der Waals surface area contributed by atoms with E-state index in [1.165, 1.54) is 6.92 Å². The molecule has 0 spiro atoms. The molecule has 0 saturated carbocycles. The van der Waals surface area contributed by atoms with Crippen LogP contribution < -0.4 is 4.74 Å². The van der Waals surface area contributed by atoms with E-state index in [4.69, 9.17) is 14.7 Å². The molecule has 0 radical (unpaired) electrons. The lowest BCUT2D eigenvalue weighted by Gasteiger charge is -2.13. The lowest BCUT2D eigenvalue weighted by atomic mass is 10.2. The quantitative estimate of drug-likeness (QED) is 0.558. The number of benzene rings is 1. The van der Waals surface area contributed by atoms with Crippen molar-refractivity contribution in [1.82, 2.24) is 0 Å². The zero-order chi connectivity index (χ0) is 11.3. The van der Waals surface area contributed by atoms with E-state index in [1.54, 1.807) is 31.2 Å². The lowest BCUT2D eigenvalue weighted by molar-refractivity contribution is -0.158. The number of rotatable bonds is 3. The van der Waals surface area contributed by atoms with E-state index in [1.807, 2.05) is 6.07 Å². The van der Waals surface area contributed by atoms with Gasteiger partial charge in [0.2, 0.25) is 6.29 Å². The fourth-order valence-corrected chi connectivity index (χ4v) is 1.06. The number of carbonyl (C=O) groups excluding carboxylic acids is 1. The van der Waals surface area contributed by atoms with Crippen LogP contribution in [0.5, 0.6) is 5.75 Å². The molecule has 1 atom stereocenters. The highest BCUT2D eigenvalue weighted by Gasteiger charge is 2.06. The largest absolute Gasteiger partial charge is 0.455 e. The maximum Gasteiger partial charge on any atom is 0.305 e. The zero-order valence-corrected chi connectivity index (χ0v) is 8.56. The van der Waals surface area contributed by atoms with Gasteiger partial charge in [-0.25, -0.2) is 0 Å². The van der Waals surface area contributed by atoms with Crippen LogP contribution in [0.1, 0.15) is 19.4 Å². The average Bonchev–Trinajstić information content (AvgIpc) is 2.17. The van der Waals surface area contributed by atoms with E-state index in [2.05, 4.69) is 0 Å². The van der Waals surface area contributed by atoms with Crippen LogP contribution in [-0.4, -0.2) is 12.3 Å². The highest BCUT2D eigenvalue weighted by molar-refractivity contribution is 5.66. The van der Waals surface area contributed by atoms with Crippen molar-refractivity contribution in [2.24, 2.45) is 0 Å². The summed E-state index contributed by atoms with van der Waals surface area (Å²) in [6.07, 6.45) is -0.629. The van der Waals surface area contributed by atoms with Crippen LogP contribution in [0.3, 0.4) is 0 Å². The van der Waals surface area contributed by atoms with Crippen LogP contribution in [0.2, 0.25) is 0 Å². The maximum atomic E-state index is 10.6. The van der Waals surface area contributed by atoms with Crippen molar-refractivity contribution in [3.63, 3.8) is 0 Å². The molecule has 1 aromatic rings. The Morgan fingerprint density at radius 1 is 1.40 bits per heavy atom. The SMILES string of the molecule is CC(=O)OC(C)Oc1ccc(C#N)cc1. The first-order chi connectivity index (χ1) is 7.11. The minimum atomic E-state index is -0.629. The highest BCUT2D eigenvalue weighted by Crippen LogP contribution is 2.13. The third-order valence-corrected chi connectivity index (χ3v) is 1.62. The molecule has 15 heavy (non-hydrogen) atoms. The molecule has 0 bridgehead atoms. The van der Waals surface area contributed by atoms with Crippen LogP contribution in [-0.2, 0) is 9.53 Å². The standard InChI is InChI=1S/C11H11NO3/c1-8(13)14-9(2)15-11-5-3-10(7-12)4-6-11/h3-6,9H,1-2H3. The summed E-state index contributed by atoms with van der Waals surface area (Å²) in [5, 5.41) is 8.57. The molecule has 0 amide bonds. The lowest BCUT2D eigenvalue weighted by Crippen LogP contribution is -2.18. The van der Waals surface area contributed by atoms with Crippen molar-refractivity contribution >= 4 is 5.97 Å². The van der Waals surface area contributed by atoms with Gasteiger partial charge in [0.1, 0.15) is 5.75 Å². The number of carbonyl (C=O) groups is 1. The van der Waals surface area contributed by atoms with Gasteiger partial charge in [0.05, 0.1) is 11.6 Å². The highest BCUT2D eigenvalue weighted by atomic mass is 16.7. The van der Waals surface area contributed by atoms with Crippen molar-refractivity contribution in [1.29, 1.82) is 5.26 Å². The molecule has 0 N–H and O–H groups in total. The van der Waals surface area contributed by atoms with Gasteiger partial charge in [-0.2, -0.15) is 5.26 Å². The summed E-state index contributed by atoms with van der Waals surface area (Å²) in [5.41, 5.74) is 0.558. The smallest absolute Gasteiger partial charge is 0.305 e. The Labute approximate surface area is 88.0 Å². The average molecular weight is 205 g/mol. The molecule has 0 heterocycles. The van der Waals surface area contributed by atoms with Gasteiger partial charge in [-0.05, 0) is 24.3 Å². The minimum Gasteiger partial charge on any atom is -0.455 e. The Morgan fingerprint density at radius 3 is 2.47 bits per heavy atom. The number of nitrogens with zero attached hydrogens (tertiary/aromatic N) is 1. The van der Waals surface area contributed by atoms with Crippen molar-refractivity contribution in [2.45, 2.75) is 20.1 Å². The van der Waals surface area contributed by atoms with Gasteiger partial charge in [-0.1, -0.05) is 0 Å². The predicted octanol–water partition coefficient (Wildman–Crippen LogP) is 1.85. The third kappa shape index (κ3) is 3.69. The molecule has 0 fully saturated rings. The summed E-state index contributed by atoms with van der Waals surface area (Å²) >= 11 is 0. The van der Waals surface area contributed by atoms with Crippen molar-refractivity contribution in [3.8, 4) is 11.8 Å². The van der Waals surface area contributed by atoms with E-state index in [-0.39, 0.29) is 0 Å². The summed E-state index contributed by atoms with van der Waals surface area (Å²) in [4.78, 5) is 10.6. The normalized spacial score (nSPS) is 11.3. The monoisotopic (exact) mass is 205 g/mol. The van der Waals surface area contributed by atoms with E-state index in [0.29, 0.717) is 11.3 Å². The van der Waals surface area contributed by atoms with E-state index in [0.717, 1.165) is 0 Å². The number of esters is 1. The predicted molar refractivity (Wildman–Crippen MR) is 53.0 cm³/mol. The summed E-state index contributed by atoms with van der Waals surface area (Å²) in [5.74, 6) is 0.166. The molecular weight excluding hydrogens is 194 g/mol. The second-order valence-electron chi connectivity index (χ2n) is 2.93. The Kier molecular flexibility index (Phi) is 3.69. The molecule has 4 nitrogen and oxygen atoms in total. The van der Waals surface area contributed by atoms with Crippen LogP contribution in [0, 0.1) is 11.3 Å². The van der Waals surface area contributed by atoms with Gasteiger partial charge < -0.3 is 9.47 Å². The van der Waals surface area contributed by atoms with Gasteiger partial charge >= 0.3 is 5.97 Å². The van der Waals surface area contributed by atoms with Crippen LogP contribution >= 0.6 is 0 Å². The van der Waals surface area contributed by atoms with E-state index >= 15 is 0 Å². The Morgan fingerprint density at radius 2 is 2.00 bits per heavy atom. The second kappa shape index (κ2) is 5.01. The molecule has 1 aromatic carbocycles. The number of ether oxygens (including phenoxy) is 2. The summed E-state index contributed by atoms with van der Waals surface area (Å²) in [6.45, 7) is 2.94. The Hall–Kier alpha value is -2.02. The number of nitriles is 1. The van der Waals surface area contributed by atoms with Gasteiger partial charge in [0.25, 0.3) is 0 Å². The second-order valence-corrected chi connectivity index (χ2v) is 2.93. The third-order valence-electron chi connectivity index (χ3n) is 1.62. The van der Waals surface area contributed by atoms with Crippen molar-refractivity contribution in [3.05, 3.63) is 29.8 Å². The van der Waals surface area contributed by atoms with Gasteiger partial charge in [0, 0.05) is 13.8 Å². The molecular formula is C11H11NO3. The first-order valence-corrected chi connectivity index (χ1v) is 4.46. The van der Waals surface area contributed by atoms with Crippen LogP contribution in [0.15, 0.2) is 24.3 Å². The molecule has 0 aliphatic rings. The van der Waals surface area contributed by atoms with Gasteiger partial charge in [0.15, 0.2) is 0 Å². The number of hydrogen-bond acceptors (Lipinski definition) is 4. The molecule has 1 unspecified atom stereocenters. The topological polar surface area (TPSA) is 59.3 Å². The fourth-order valence-electron chi connectivity index (χ4n) is 1.06. The van der Waals surface area contributed by atoms with E-state index < -0.39 is 12.3 Å². The molecule has 0 saturated heterocycles. The Bertz CT molecular complexity index is 378. The molecule has 78 valence electrons. The van der Waals surface area contributed by atoms with E-state index in [9.17, 15) is 4.79 Å². The molecule has 0 aromatic heterocycles. The summed E-state index contributed by atoms with van der Waals surface area (Å²) in [7, 11) is 0. The van der Waals surface area contributed by atoms with Crippen LogP contribution in [0.25, 0.3) is 0 Å². The molecule has 0 aliphatic heterocycles. The molecule has 0 aliphatic carbocycles. The first-order valence-electron chi connectivity index (χ1n) is 4.46. The van der Waals surface area contributed by atoms with Gasteiger partial charge in [-0.15, -0.1) is 0 Å². The molecule has 4 heteroatoms. The minimum absolute atomic E-state index is 0.392. The number of hydrogen-bond donors (Lipinski definition) is 0.